The van der Waals surface area contributed by atoms with Crippen LogP contribution in [0.15, 0.2) is 48.5 Å². The fourth-order valence-electron chi connectivity index (χ4n) is 2.11. The summed E-state index contributed by atoms with van der Waals surface area (Å²) in [7, 11) is 0. The molecule has 0 aliphatic heterocycles. The maximum atomic E-state index is 13.6. The van der Waals surface area contributed by atoms with E-state index in [1.807, 2.05) is 31.2 Å². The predicted octanol–water partition coefficient (Wildman–Crippen LogP) is 4.00. The van der Waals surface area contributed by atoms with Crippen LogP contribution in [0.4, 0.5) is 4.39 Å². The average molecular weight is 336 g/mol. The smallest absolute Gasteiger partial charge is 0.261 e. The van der Waals surface area contributed by atoms with Gasteiger partial charge < -0.3 is 10.1 Å². The molecule has 0 spiro atoms. The van der Waals surface area contributed by atoms with Crippen molar-refractivity contribution in [3.8, 4) is 5.75 Å². The number of halogens is 2. The number of amides is 1. The summed E-state index contributed by atoms with van der Waals surface area (Å²) >= 11 is 5.83. The van der Waals surface area contributed by atoms with Crippen molar-refractivity contribution in [2.75, 3.05) is 6.54 Å². The van der Waals surface area contributed by atoms with Crippen molar-refractivity contribution in [2.24, 2.45) is 0 Å². The molecule has 0 saturated carbocycles. The van der Waals surface area contributed by atoms with E-state index in [0.717, 1.165) is 5.56 Å². The van der Waals surface area contributed by atoms with Gasteiger partial charge in [-0.05, 0) is 42.7 Å². The number of para-hydroxylation sites is 1. The van der Waals surface area contributed by atoms with E-state index in [4.69, 9.17) is 16.3 Å². The van der Waals surface area contributed by atoms with Crippen molar-refractivity contribution in [1.82, 2.24) is 5.32 Å². The fraction of sp³-hybridized carbons (Fsp3) is 0.278. The Hall–Kier alpha value is -2.07. The molecule has 0 bridgehead atoms. The zero-order valence-electron chi connectivity index (χ0n) is 12.9. The molecule has 0 aliphatic carbocycles. The lowest BCUT2D eigenvalue weighted by Gasteiger charge is -2.17. The van der Waals surface area contributed by atoms with Crippen molar-refractivity contribution in [2.45, 2.75) is 25.9 Å². The molecular weight excluding hydrogens is 317 g/mol. The Morgan fingerprint density at radius 1 is 1.22 bits per heavy atom. The molecule has 0 fully saturated rings. The summed E-state index contributed by atoms with van der Waals surface area (Å²) in [5.74, 6) is -0.628. The van der Waals surface area contributed by atoms with E-state index in [0.29, 0.717) is 24.4 Å². The first-order valence-electron chi connectivity index (χ1n) is 7.53. The average Bonchev–Trinajstić information content (AvgIpc) is 2.56. The molecular formula is C18H19ClFNO2. The Morgan fingerprint density at radius 3 is 2.57 bits per heavy atom. The Morgan fingerprint density at radius 2 is 1.91 bits per heavy atom. The normalized spacial score (nSPS) is 11.8. The first-order chi connectivity index (χ1) is 11.1. The van der Waals surface area contributed by atoms with Crippen molar-refractivity contribution < 1.29 is 13.9 Å². The maximum absolute atomic E-state index is 13.6. The van der Waals surface area contributed by atoms with Crippen molar-refractivity contribution in [3.05, 3.63) is 64.9 Å². The van der Waals surface area contributed by atoms with Crippen LogP contribution in [0.3, 0.4) is 0 Å². The van der Waals surface area contributed by atoms with Gasteiger partial charge in [0.2, 0.25) is 0 Å². The van der Waals surface area contributed by atoms with Crippen LogP contribution in [0.5, 0.6) is 5.75 Å². The van der Waals surface area contributed by atoms with Crippen LogP contribution in [0, 0.1) is 5.82 Å². The minimum Gasteiger partial charge on any atom is -0.478 e. The van der Waals surface area contributed by atoms with Crippen LogP contribution in [0.25, 0.3) is 0 Å². The second-order valence-electron chi connectivity index (χ2n) is 5.11. The van der Waals surface area contributed by atoms with Gasteiger partial charge in [-0.2, -0.15) is 0 Å². The highest BCUT2D eigenvalue weighted by Gasteiger charge is 2.19. The van der Waals surface area contributed by atoms with E-state index in [2.05, 4.69) is 5.32 Å². The number of nitrogens with one attached hydrogen (secondary N) is 1. The number of ether oxygens (including phenoxy) is 1. The standard InChI is InChI=1S/C18H19ClFNO2/c1-2-16(23-17-6-4-3-5-15(17)20)18(22)21-12-11-13-7-9-14(19)10-8-13/h3-10,16H,2,11-12H2,1H3,(H,21,22). The zero-order valence-corrected chi connectivity index (χ0v) is 13.6. The SMILES string of the molecule is CCC(Oc1ccccc1F)C(=O)NCCc1ccc(Cl)cc1. The molecule has 5 heteroatoms. The molecule has 23 heavy (non-hydrogen) atoms. The molecule has 0 aliphatic rings. The molecule has 1 unspecified atom stereocenters. The molecule has 0 heterocycles. The lowest BCUT2D eigenvalue weighted by atomic mass is 10.1. The van der Waals surface area contributed by atoms with Crippen LogP contribution in [0.1, 0.15) is 18.9 Å². The first-order valence-corrected chi connectivity index (χ1v) is 7.91. The summed E-state index contributed by atoms with van der Waals surface area (Å²) in [6.07, 6.45) is 0.442. The van der Waals surface area contributed by atoms with Gasteiger partial charge in [0.25, 0.3) is 5.91 Å². The highest BCUT2D eigenvalue weighted by molar-refractivity contribution is 6.30. The van der Waals surface area contributed by atoms with Crippen molar-refractivity contribution >= 4 is 17.5 Å². The number of benzene rings is 2. The third-order valence-corrected chi connectivity index (χ3v) is 3.65. The summed E-state index contributed by atoms with van der Waals surface area (Å²) in [4.78, 5) is 12.2. The van der Waals surface area contributed by atoms with Gasteiger partial charge in [0, 0.05) is 11.6 Å². The molecule has 1 atom stereocenters. The van der Waals surface area contributed by atoms with E-state index in [9.17, 15) is 9.18 Å². The van der Waals surface area contributed by atoms with Crippen LogP contribution in [-0.2, 0) is 11.2 Å². The van der Waals surface area contributed by atoms with Crippen LogP contribution < -0.4 is 10.1 Å². The molecule has 2 aromatic carbocycles. The van der Waals surface area contributed by atoms with Gasteiger partial charge in [0.05, 0.1) is 0 Å². The summed E-state index contributed by atoms with van der Waals surface area (Å²) in [6, 6.07) is 13.5. The fourth-order valence-corrected chi connectivity index (χ4v) is 2.24. The van der Waals surface area contributed by atoms with Gasteiger partial charge in [-0.1, -0.05) is 42.8 Å². The van der Waals surface area contributed by atoms with Crippen LogP contribution in [0.2, 0.25) is 5.02 Å². The number of hydrogen-bond donors (Lipinski definition) is 1. The minimum atomic E-state index is -0.711. The molecule has 1 N–H and O–H groups in total. The molecule has 2 aromatic rings. The van der Waals surface area contributed by atoms with Crippen molar-refractivity contribution in [3.63, 3.8) is 0 Å². The summed E-state index contributed by atoms with van der Waals surface area (Å²) in [5, 5.41) is 3.50. The van der Waals surface area contributed by atoms with Gasteiger partial charge in [-0.15, -0.1) is 0 Å². The quantitative estimate of drug-likeness (QED) is 0.830. The van der Waals surface area contributed by atoms with E-state index in [-0.39, 0.29) is 11.7 Å². The van der Waals surface area contributed by atoms with Gasteiger partial charge in [0.1, 0.15) is 0 Å². The molecule has 0 saturated heterocycles. The highest BCUT2D eigenvalue weighted by Crippen LogP contribution is 2.18. The summed E-state index contributed by atoms with van der Waals surface area (Å²) < 4.78 is 19.1. The minimum absolute atomic E-state index is 0.0900. The lowest BCUT2D eigenvalue weighted by molar-refractivity contribution is -0.128. The lowest BCUT2D eigenvalue weighted by Crippen LogP contribution is -2.39. The van der Waals surface area contributed by atoms with Crippen LogP contribution in [-0.4, -0.2) is 18.6 Å². The van der Waals surface area contributed by atoms with Gasteiger partial charge in [-0.25, -0.2) is 4.39 Å². The largest absolute Gasteiger partial charge is 0.478 e. The molecule has 3 nitrogen and oxygen atoms in total. The van der Waals surface area contributed by atoms with Gasteiger partial charge >= 0.3 is 0 Å². The van der Waals surface area contributed by atoms with E-state index >= 15 is 0 Å². The predicted molar refractivity (Wildman–Crippen MR) is 89.3 cm³/mol. The number of carbonyl (C=O) groups excluding carboxylic acids is 1. The van der Waals surface area contributed by atoms with Gasteiger partial charge in [0.15, 0.2) is 17.7 Å². The molecule has 122 valence electrons. The molecule has 1 amide bonds. The Bertz CT molecular complexity index is 646. The molecule has 0 aromatic heterocycles. The maximum Gasteiger partial charge on any atom is 0.261 e. The van der Waals surface area contributed by atoms with E-state index < -0.39 is 11.9 Å². The van der Waals surface area contributed by atoms with Crippen LogP contribution >= 0.6 is 11.6 Å². The number of carbonyl (C=O) groups is 1. The second kappa shape index (κ2) is 8.53. The summed E-state index contributed by atoms with van der Waals surface area (Å²) in [6.45, 7) is 2.31. The topological polar surface area (TPSA) is 38.3 Å². The Balaban J connectivity index is 1.85. The zero-order chi connectivity index (χ0) is 16.7. The van der Waals surface area contributed by atoms with Gasteiger partial charge in [-0.3, -0.25) is 4.79 Å². The molecule has 0 radical (unpaired) electrons. The van der Waals surface area contributed by atoms with E-state index in [1.165, 1.54) is 12.1 Å². The number of hydrogen-bond acceptors (Lipinski definition) is 2. The molecule has 2 rings (SSSR count). The third kappa shape index (κ3) is 5.25. The van der Waals surface area contributed by atoms with E-state index in [1.54, 1.807) is 12.1 Å². The Kier molecular flexibility index (Phi) is 6.41. The van der Waals surface area contributed by atoms with Crippen molar-refractivity contribution in [1.29, 1.82) is 0 Å². The second-order valence-corrected chi connectivity index (χ2v) is 5.55. The highest BCUT2D eigenvalue weighted by atomic mass is 35.5. The third-order valence-electron chi connectivity index (χ3n) is 3.40. The first kappa shape index (κ1) is 17.3. The number of rotatable bonds is 7. The Labute approximate surface area is 140 Å². The monoisotopic (exact) mass is 335 g/mol. The summed E-state index contributed by atoms with van der Waals surface area (Å²) in [5.41, 5.74) is 1.08.